The van der Waals surface area contributed by atoms with Crippen molar-refractivity contribution in [3.8, 4) is 0 Å². The molecule has 0 saturated carbocycles. The van der Waals surface area contributed by atoms with E-state index in [-0.39, 0.29) is 5.03 Å². The van der Waals surface area contributed by atoms with Gasteiger partial charge in [-0.1, -0.05) is 12.0 Å². The molecule has 4 N–H and O–H groups in total. The monoisotopic (exact) mass is 430 g/mol. The molecule has 0 spiro atoms. The van der Waals surface area contributed by atoms with Crippen molar-refractivity contribution in [2.45, 2.75) is 43.6 Å². The summed E-state index contributed by atoms with van der Waals surface area (Å²) in [5.74, 6) is 1.07. The van der Waals surface area contributed by atoms with Gasteiger partial charge < -0.3 is 15.4 Å². The van der Waals surface area contributed by atoms with Gasteiger partial charge in [0.15, 0.2) is 5.03 Å². The number of rotatable bonds is 5. The van der Waals surface area contributed by atoms with Crippen LogP contribution in [-0.4, -0.2) is 41.4 Å². The van der Waals surface area contributed by atoms with Crippen LogP contribution in [0.4, 0.5) is 10.5 Å². The molecule has 0 bridgehead atoms. The minimum atomic E-state index is -4.20. The molecule has 30 heavy (non-hydrogen) atoms. The van der Waals surface area contributed by atoms with E-state index in [1.54, 1.807) is 0 Å². The Bertz CT molecular complexity index is 1110. The Morgan fingerprint density at radius 1 is 1.13 bits per heavy atom. The molecule has 4 rings (SSSR count). The molecule has 11 heteroatoms. The zero-order valence-electron chi connectivity index (χ0n) is 16.6. The first kappa shape index (κ1) is 20.6. The maximum Gasteiger partial charge on any atom is 0.480 e. The number of nitrogens with one attached hydrogen (secondary N) is 2. The van der Waals surface area contributed by atoms with Gasteiger partial charge in [-0.25, -0.2) is 9.52 Å². The molecule has 0 aliphatic heterocycles. The van der Waals surface area contributed by atoms with E-state index in [0.29, 0.717) is 5.69 Å². The van der Waals surface area contributed by atoms with Gasteiger partial charge in [0.25, 0.3) is 10.0 Å². The van der Waals surface area contributed by atoms with Crippen molar-refractivity contribution in [1.29, 1.82) is 0 Å². The van der Waals surface area contributed by atoms with Crippen molar-refractivity contribution < 1.29 is 23.3 Å². The highest BCUT2D eigenvalue weighted by Crippen LogP contribution is 2.38. The van der Waals surface area contributed by atoms with Crippen molar-refractivity contribution in [3.63, 3.8) is 0 Å². The molecule has 0 fully saturated rings. The van der Waals surface area contributed by atoms with Crippen LogP contribution in [0.25, 0.3) is 6.08 Å². The number of nitrogens with zero attached hydrogens (tertiary/aromatic N) is 2. The predicted molar refractivity (Wildman–Crippen MR) is 112 cm³/mol. The summed E-state index contributed by atoms with van der Waals surface area (Å²) in [5.41, 5.74) is 5.78. The number of hydrogen-bond donors (Lipinski definition) is 4. The third-order valence-corrected chi connectivity index (χ3v) is 6.75. The summed E-state index contributed by atoms with van der Waals surface area (Å²) in [6, 6.07) is 2.65. The fourth-order valence-electron chi connectivity index (χ4n) is 4.21. The number of benzene rings is 1. The van der Waals surface area contributed by atoms with Gasteiger partial charge in [-0.05, 0) is 66.9 Å². The Balaban J connectivity index is 1.55. The summed E-state index contributed by atoms with van der Waals surface area (Å²) >= 11 is 0. The Labute approximate surface area is 175 Å². The van der Waals surface area contributed by atoms with Crippen molar-refractivity contribution >= 4 is 34.9 Å². The third kappa shape index (κ3) is 4.00. The minimum absolute atomic E-state index is 0.336. The van der Waals surface area contributed by atoms with Crippen LogP contribution in [0.3, 0.4) is 0 Å². The molecule has 1 aromatic heterocycles. The highest BCUT2D eigenvalue weighted by atomic mass is 32.2. The lowest BCUT2D eigenvalue weighted by atomic mass is 9.91. The maximum atomic E-state index is 12.6. The highest BCUT2D eigenvalue weighted by molar-refractivity contribution is 7.90. The van der Waals surface area contributed by atoms with Crippen molar-refractivity contribution in [3.05, 3.63) is 46.1 Å². The average Bonchev–Trinajstić information content (AvgIpc) is 3.38. The van der Waals surface area contributed by atoms with E-state index in [0.717, 1.165) is 61.3 Å². The predicted octanol–water partition coefficient (Wildman–Crippen LogP) is 0.933. The van der Waals surface area contributed by atoms with Crippen LogP contribution in [0.5, 0.6) is 0 Å². The molecule has 0 unspecified atom stereocenters. The van der Waals surface area contributed by atoms with Gasteiger partial charge in [0.1, 0.15) is 0 Å². The Hall–Kier alpha value is -2.63. The molecule has 0 saturated heterocycles. The molecular formula is C19H23BN4O5S. The number of urea groups is 1. The summed E-state index contributed by atoms with van der Waals surface area (Å²) in [4.78, 5) is 12.6. The summed E-state index contributed by atoms with van der Waals surface area (Å²) in [5, 5.41) is 24.2. The number of carbonyl (C=O) groups is 1. The lowest BCUT2D eigenvalue weighted by Crippen LogP contribution is -2.35. The molecule has 0 atom stereocenters. The Morgan fingerprint density at radius 2 is 1.77 bits per heavy atom. The molecule has 1 heterocycles. The second-order valence-electron chi connectivity index (χ2n) is 7.60. The number of aromatic nitrogens is 2. The molecule has 0 radical (unpaired) electrons. The minimum Gasteiger partial charge on any atom is -0.424 e. The normalized spacial score (nSPS) is 15.3. The number of carbonyl (C=O) groups excluding carboxylic acids is 1. The smallest absolute Gasteiger partial charge is 0.424 e. The van der Waals surface area contributed by atoms with Crippen LogP contribution >= 0.6 is 0 Å². The van der Waals surface area contributed by atoms with E-state index >= 15 is 0 Å². The van der Waals surface area contributed by atoms with Crippen LogP contribution in [0.1, 0.15) is 40.8 Å². The number of anilines is 1. The van der Waals surface area contributed by atoms with E-state index in [1.165, 1.54) is 35.0 Å². The van der Waals surface area contributed by atoms with E-state index in [9.17, 15) is 13.2 Å². The Morgan fingerprint density at radius 3 is 2.37 bits per heavy atom. The number of sulfonamides is 1. The second kappa shape index (κ2) is 7.90. The van der Waals surface area contributed by atoms with Gasteiger partial charge in [0.05, 0.1) is 5.69 Å². The van der Waals surface area contributed by atoms with E-state index in [1.807, 2.05) is 4.72 Å². The third-order valence-electron chi connectivity index (χ3n) is 5.55. The standard InChI is InChI=1S/C19H23BN4O5S/c1-24-14(8-9-20(26)27)11-17(22-24)30(28,29)23-19(25)21-18-15-6-2-4-12(15)10-13-5-3-7-16(13)18/h8-11,26-27H,2-7H2,1H3,(H2,21,23,25)/b9-8+. The van der Waals surface area contributed by atoms with E-state index in [4.69, 9.17) is 10.0 Å². The summed E-state index contributed by atoms with van der Waals surface area (Å²) < 4.78 is 28.6. The largest absolute Gasteiger partial charge is 0.480 e. The number of aryl methyl sites for hydroxylation is 3. The van der Waals surface area contributed by atoms with Crippen molar-refractivity contribution in [1.82, 2.24) is 14.5 Å². The van der Waals surface area contributed by atoms with Gasteiger partial charge in [0, 0.05) is 18.8 Å². The van der Waals surface area contributed by atoms with Crippen LogP contribution in [0, 0.1) is 0 Å². The highest BCUT2D eigenvalue weighted by Gasteiger charge is 2.27. The summed E-state index contributed by atoms with van der Waals surface area (Å²) in [6.45, 7) is 0. The SMILES string of the molecule is Cn1nc(S(=O)(=O)NC(=O)Nc2c3c(cc4c2CCC4)CCC3)cc1/C=C/B(O)O. The average molecular weight is 430 g/mol. The quantitative estimate of drug-likeness (QED) is 0.522. The van der Waals surface area contributed by atoms with Gasteiger partial charge in [-0.15, -0.1) is 0 Å². The molecule has 2 aliphatic carbocycles. The van der Waals surface area contributed by atoms with Crippen LogP contribution in [0.2, 0.25) is 0 Å². The summed E-state index contributed by atoms with van der Waals surface area (Å²) in [7, 11) is -4.36. The first-order valence-electron chi connectivity index (χ1n) is 9.83. The van der Waals surface area contributed by atoms with Crippen LogP contribution in [-0.2, 0) is 42.8 Å². The molecule has 1 aromatic carbocycles. The molecule has 9 nitrogen and oxygen atoms in total. The Kier molecular flexibility index (Phi) is 5.43. The molecule has 2 aliphatic rings. The molecule has 2 amide bonds. The zero-order chi connectivity index (χ0) is 21.5. The lowest BCUT2D eigenvalue weighted by Gasteiger charge is -2.16. The first-order valence-corrected chi connectivity index (χ1v) is 11.3. The summed E-state index contributed by atoms with van der Waals surface area (Å²) in [6.07, 6.45) is 7.08. The number of fused-ring (bicyclic) bond motifs is 2. The van der Waals surface area contributed by atoms with E-state index in [2.05, 4.69) is 16.5 Å². The van der Waals surface area contributed by atoms with Crippen LogP contribution in [0.15, 0.2) is 23.1 Å². The van der Waals surface area contributed by atoms with Gasteiger partial charge in [0.2, 0.25) is 0 Å². The molecule has 158 valence electrons. The molecule has 2 aromatic rings. The van der Waals surface area contributed by atoms with Crippen molar-refractivity contribution in [2.24, 2.45) is 7.05 Å². The first-order chi connectivity index (χ1) is 14.2. The fraction of sp³-hybridized carbons (Fsp3) is 0.368. The maximum absolute atomic E-state index is 12.6. The topological polar surface area (TPSA) is 134 Å². The van der Waals surface area contributed by atoms with Gasteiger partial charge >= 0.3 is 13.1 Å². The van der Waals surface area contributed by atoms with Gasteiger partial charge in [-0.2, -0.15) is 13.5 Å². The number of hydrogen-bond acceptors (Lipinski definition) is 6. The number of amides is 2. The second-order valence-corrected chi connectivity index (χ2v) is 9.23. The van der Waals surface area contributed by atoms with Crippen molar-refractivity contribution in [2.75, 3.05) is 5.32 Å². The fourth-order valence-corrected chi connectivity index (χ4v) is 5.11. The molecular weight excluding hydrogens is 407 g/mol. The zero-order valence-corrected chi connectivity index (χ0v) is 17.4. The van der Waals surface area contributed by atoms with Gasteiger partial charge in [-0.3, -0.25) is 4.68 Å². The van der Waals surface area contributed by atoms with Crippen LogP contribution < -0.4 is 10.0 Å². The lowest BCUT2D eigenvalue weighted by molar-refractivity contribution is 0.256. The van der Waals surface area contributed by atoms with E-state index < -0.39 is 23.2 Å².